The Morgan fingerprint density at radius 1 is 1.48 bits per heavy atom. The number of aromatic nitrogens is 5. The van der Waals surface area contributed by atoms with Gasteiger partial charge in [0, 0.05) is 6.07 Å². The molecule has 0 unspecified atom stereocenters. The zero-order valence-electron chi connectivity index (χ0n) is 11.2. The first kappa shape index (κ1) is 14.5. The van der Waals surface area contributed by atoms with E-state index < -0.39 is 10.9 Å². The van der Waals surface area contributed by atoms with E-state index in [-0.39, 0.29) is 23.9 Å². The van der Waals surface area contributed by atoms with Gasteiger partial charge in [-0.3, -0.25) is 4.79 Å². The number of rotatable bonds is 6. The van der Waals surface area contributed by atoms with E-state index in [1.165, 1.54) is 22.9 Å². The first-order chi connectivity index (χ1) is 10.1. The average Bonchev–Trinajstić information content (AvgIpc) is 2.93. The zero-order valence-corrected chi connectivity index (χ0v) is 11.2. The van der Waals surface area contributed by atoms with Gasteiger partial charge in [0.25, 0.3) is 0 Å². The number of esters is 1. The van der Waals surface area contributed by atoms with Crippen LogP contribution in [0.4, 0.5) is 5.82 Å². The van der Waals surface area contributed by atoms with Gasteiger partial charge in [-0.05, 0) is 38.9 Å². The van der Waals surface area contributed by atoms with Crippen LogP contribution in [0.2, 0.25) is 0 Å². The van der Waals surface area contributed by atoms with Gasteiger partial charge >= 0.3 is 11.8 Å². The summed E-state index contributed by atoms with van der Waals surface area (Å²) in [7, 11) is 0. The molecule has 0 aromatic carbocycles. The predicted molar refractivity (Wildman–Crippen MR) is 69.0 cm³/mol. The van der Waals surface area contributed by atoms with Crippen LogP contribution in [0, 0.1) is 10.1 Å². The fourth-order valence-corrected chi connectivity index (χ4v) is 1.53. The number of hydrogen-bond acceptors (Lipinski definition) is 8. The van der Waals surface area contributed by atoms with Crippen LogP contribution in [-0.4, -0.2) is 42.7 Å². The number of nitro groups is 1. The molecule has 0 N–H and O–H groups in total. The van der Waals surface area contributed by atoms with E-state index >= 15 is 0 Å². The maximum Gasteiger partial charge on any atom is 0.364 e. The molecule has 0 fully saturated rings. The minimum Gasteiger partial charge on any atom is -0.464 e. The second-order valence-corrected chi connectivity index (χ2v) is 4.02. The summed E-state index contributed by atoms with van der Waals surface area (Å²) in [5, 5.41) is 21.6. The Labute approximate surface area is 118 Å². The lowest BCUT2D eigenvalue weighted by atomic mass is 10.3. The maximum atomic E-state index is 11.6. The van der Waals surface area contributed by atoms with Crippen LogP contribution in [-0.2, 0) is 16.1 Å². The molecule has 0 saturated carbocycles. The first-order valence-electron chi connectivity index (χ1n) is 6.15. The summed E-state index contributed by atoms with van der Waals surface area (Å²) in [5.41, 5.74) is 0.206. The van der Waals surface area contributed by atoms with Crippen LogP contribution in [0.25, 0.3) is 11.5 Å². The number of pyridine rings is 1. The Kier molecular flexibility index (Phi) is 4.49. The molecule has 10 heteroatoms. The van der Waals surface area contributed by atoms with Crippen molar-refractivity contribution in [1.82, 2.24) is 25.2 Å². The van der Waals surface area contributed by atoms with Gasteiger partial charge in [-0.25, -0.2) is 4.68 Å². The summed E-state index contributed by atoms with van der Waals surface area (Å²) in [6, 6.07) is 4.24. The predicted octanol–water partition coefficient (Wildman–Crippen LogP) is 0.596. The number of hydrogen-bond donors (Lipinski definition) is 0. The molecule has 21 heavy (non-hydrogen) atoms. The third kappa shape index (κ3) is 3.55. The van der Waals surface area contributed by atoms with Crippen molar-refractivity contribution in [2.24, 2.45) is 0 Å². The fraction of sp³-hybridized carbons (Fsp3) is 0.364. The van der Waals surface area contributed by atoms with Crippen molar-refractivity contribution in [2.45, 2.75) is 19.9 Å². The molecule has 0 saturated heterocycles. The molecular weight excluding hydrogens is 280 g/mol. The van der Waals surface area contributed by atoms with Crippen LogP contribution in [0.3, 0.4) is 0 Å². The molecular formula is C11H12N6O4. The standard InChI is InChI=1S/C11H12N6O4/c1-2-6-21-10(18)7-16-11(13-14-15-16)8-4-3-5-9(12-8)17(19)20/h3-5H,2,6-7H2,1H3. The van der Waals surface area contributed by atoms with Gasteiger partial charge in [0.1, 0.15) is 6.54 Å². The Hall–Kier alpha value is -2.91. The van der Waals surface area contributed by atoms with E-state index in [0.29, 0.717) is 13.0 Å². The van der Waals surface area contributed by atoms with Crippen molar-refractivity contribution in [3.8, 4) is 11.5 Å². The SMILES string of the molecule is CCCOC(=O)Cn1nnnc1-c1cccc([N+](=O)[O-])n1. The Morgan fingerprint density at radius 2 is 2.29 bits per heavy atom. The van der Waals surface area contributed by atoms with Crippen LogP contribution < -0.4 is 0 Å². The highest BCUT2D eigenvalue weighted by Gasteiger charge is 2.19. The van der Waals surface area contributed by atoms with Crippen molar-refractivity contribution in [3.05, 3.63) is 28.3 Å². The summed E-state index contributed by atoms with van der Waals surface area (Å²) in [4.78, 5) is 25.5. The van der Waals surface area contributed by atoms with Gasteiger partial charge in [0.2, 0.25) is 11.5 Å². The molecule has 0 spiro atoms. The van der Waals surface area contributed by atoms with Crippen molar-refractivity contribution >= 4 is 11.8 Å². The second-order valence-electron chi connectivity index (χ2n) is 4.02. The van der Waals surface area contributed by atoms with Crippen molar-refractivity contribution < 1.29 is 14.5 Å². The van der Waals surface area contributed by atoms with Gasteiger partial charge in [0.15, 0.2) is 0 Å². The second kappa shape index (κ2) is 6.50. The average molecular weight is 292 g/mol. The lowest BCUT2D eigenvalue weighted by Gasteiger charge is -2.03. The van der Waals surface area contributed by atoms with Gasteiger partial charge in [-0.1, -0.05) is 6.92 Å². The summed E-state index contributed by atoms with van der Waals surface area (Å²) in [6.45, 7) is 2.00. The largest absolute Gasteiger partial charge is 0.464 e. The Balaban J connectivity index is 2.22. The van der Waals surface area contributed by atoms with E-state index in [4.69, 9.17) is 4.74 Å². The number of nitrogens with zero attached hydrogens (tertiary/aromatic N) is 6. The molecule has 0 aliphatic carbocycles. The molecule has 0 aliphatic rings. The molecule has 0 radical (unpaired) electrons. The van der Waals surface area contributed by atoms with E-state index in [1.54, 1.807) is 0 Å². The van der Waals surface area contributed by atoms with Crippen LogP contribution in [0.5, 0.6) is 0 Å². The number of tetrazole rings is 1. The van der Waals surface area contributed by atoms with Crippen LogP contribution in [0.1, 0.15) is 13.3 Å². The Morgan fingerprint density at radius 3 is 3.00 bits per heavy atom. The third-order valence-corrected chi connectivity index (χ3v) is 2.43. The quantitative estimate of drug-likeness (QED) is 0.430. The number of carbonyl (C=O) groups is 1. The number of ether oxygens (including phenoxy) is 1. The lowest BCUT2D eigenvalue weighted by Crippen LogP contribution is -2.16. The molecule has 110 valence electrons. The van der Waals surface area contributed by atoms with Crippen LogP contribution in [0.15, 0.2) is 18.2 Å². The highest BCUT2D eigenvalue weighted by atomic mass is 16.6. The molecule has 0 bridgehead atoms. The summed E-state index contributed by atoms with van der Waals surface area (Å²) in [6.07, 6.45) is 0.709. The normalized spacial score (nSPS) is 10.3. The van der Waals surface area contributed by atoms with E-state index in [1.807, 2.05) is 6.92 Å². The van der Waals surface area contributed by atoms with E-state index in [9.17, 15) is 14.9 Å². The summed E-state index contributed by atoms with van der Waals surface area (Å²) >= 11 is 0. The molecule has 10 nitrogen and oxygen atoms in total. The lowest BCUT2D eigenvalue weighted by molar-refractivity contribution is -0.389. The Bertz CT molecular complexity index is 656. The minimum atomic E-state index is -0.618. The topological polar surface area (TPSA) is 126 Å². The van der Waals surface area contributed by atoms with Crippen molar-refractivity contribution in [1.29, 1.82) is 0 Å². The van der Waals surface area contributed by atoms with E-state index in [2.05, 4.69) is 20.5 Å². The third-order valence-electron chi connectivity index (χ3n) is 2.43. The smallest absolute Gasteiger partial charge is 0.364 e. The monoisotopic (exact) mass is 292 g/mol. The molecule has 0 aliphatic heterocycles. The summed E-state index contributed by atoms with van der Waals surface area (Å²) < 4.78 is 6.12. The van der Waals surface area contributed by atoms with Crippen molar-refractivity contribution in [3.63, 3.8) is 0 Å². The molecule has 2 rings (SSSR count). The van der Waals surface area contributed by atoms with Crippen LogP contribution >= 0.6 is 0 Å². The highest BCUT2D eigenvalue weighted by molar-refractivity contribution is 5.69. The van der Waals surface area contributed by atoms with Gasteiger partial charge in [-0.15, -0.1) is 5.10 Å². The van der Waals surface area contributed by atoms with Gasteiger partial charge in [-0.2, -0.15) is 0 Å². The molecule has 0 atom stereocenters. The fourth-order valence-electron chi connectivity index (χ4n) is 1.53. The number of carbonyl (C=O) groups excluding carboxylic acids is 1. The van der Waals surface area contributed by atoms with Crippen molar-refractivity contribution in [2.75, 3.05) is 6.61 Å². The first-order valence-corrected chi connectivity index (χ1v) is 6.15. The summed E-state index contributed by atoms with van der Waals surface area (Å²) in [5.74, 6) is -0.654. The molecule has 2 aromatic heterocycles. The maximum absolute atomic E-state index is 11.6. The zero-order chi connectivity index (χ0) is 15.2. The highest BCUT2D eigenvalue weighted by Crippen LogP contribution is 2.16. The van der Waals surface area contributed by atoms with E-state index in [0.717, 1.165) is 0 Å². The molecule has 2 aromatic rings. The van der Waals surface area contributed by atoms with Gasteiger partial charge in [0.05, 0.1) is 6.61 Å². The molecule has 0 amide bonds. The molecule has 2 heterocycles. The minimum absolute atomic E-state index is 0.159. The van der Waals surface area contributed by atoms with Gasteiger partial charge < -0.3 is 14.9 Å².